The number of rotatable bonds is 3. The summed E-state index contributed by atoms with van der Waals surface area (Å²) in [6.45, 7) is 1.98. The van der Waals surface area contributed by atoms with Gasteiger partial charge in [0, 0.05) is 16.0 Å². The summed E-state index contributed by atoms with van der Waals surface area (Å²) in [4.78, 5) is 45.1. The summed E-state index contributed by atoms with van der Waals surface area (Å²) in [7, 11) is 1.52. The van der Waals surface area contributed by atoms with E-state index in [4.69, 9.17) is 4.74 Å². The minimum Gasteiger partial charge on any atom is -0.504 e. The monoisotopic (exact) mass is 520 g/mol. The van der Waals surface area contributed by atoms with Crippen LogP contribution < -0.4 is 14.5 Å². The maximum Gasteiger partial charge on any atom is 0.305 e. The number of ether oxygens (including phenoxy) is 1. The maximum atomic E-state index is 13.8. The molecule has 0 radical (unpaired) electrons. The fraction of sp³-hybridized carbons (Fsp3) is 0.370. The number of hydrogen-bond acceptors (Lipinski definition) is 7. The van der Waals surface area contributed by atoms with Crippen LogP contribution in [0.4, 0.5) is 5.69 Å². The molecule has 4 aliphatic rings. The third-order valence-corrected chi connectivity index (χ3v) is 11.2. The van der Waals surface area contributed by atoms with Crippen molar-refractivity contribution in [1.82, 2.24) is 4.98 Å². The molecule has 7 unspecified atom stereocenters. The van der Waals surface area contributed by atoms with Gasteiger partial charge in [0.1, 0.15) is 0 Å². The van der Waals surface area contributed by atoms with Gasteiger partial charge in [-0.05, 0) is 60.9 Å². The largest absolute Gasteiger partial charge is 0.504 e. The van der Waals surface area contributed by atoms with Crippen molar-refractivity contribution in [2.45, 2.75) is 29.5 Å². The Kier molecular flexibility index (Phi) is 4.76. The number of thiazole rings is 1. The highest BCUT2D eigenvalue weighted by atomic mass is 32.2. The fourth-order valence-corrected chi connectivity index (χ4v) is 10.1. The lowest BCUT2D eigenvalue weighted by Crippen LogP contribution is -2.42. The number of imide groups is 1. The number of phenols is 1. The smallest absolute Gasteiger partial charge is 0.305 e. The number of fused-ring (bicyclic) bond motifs is 9. The number of aromatic nitrogens is 1. The molecule has 0 spiro atoms. The molecule has 9 heteroatoms. The lowest BCUT2D eigenvalue weighted by atomic mass is 9.68. The average molecular weight is 521 g/mol. The SMILES string of the molecule is COc1cc(C2c3sc(=O)[nH]c3SC3C4CC(C5C(=O)N(c6ccc(C)cc6)C(=O)C45)C23)ccc1O. The number of thioether (sulfide) groups is 1. The van der Waals surface area contributed by atoms with Crippen LogP contribution in [0.2, 0.25) is 0 Å². The van der Waals surface area contributed by atoms with E-state index in [-0.39, 0.29) is 63.2 Å². The Morgan fingerprint density at radius 2 is 1.75 bits per heavy atom. The molecule has 36 heavy (non-hydrogen) atoms. The van der Waals surface area contributed by atoms with Gasteiger partial charge >= 0.3 is 4.87 Å². The van der Waals surface area contributed by atoms with Crippen molar-refractivity contribution >= 4 is 40.6 Å². The first-order valence-electron chi connectivity index (χ1n) is 12.1. The predicted molar refractivity (Wildman–Crippen MR) is 137 cm³/mol. The van der Waals surface area contributed by atoms with Gasteiger partial charge in [0.25, 0.3) is 0 Å². The van der Waals surface area contributed by atoms with Crippen molar-refractivity contribution in [3.8, 4) is 11.5 Å². The Hall–Kier alpha value is -3.04. The lowest BCUT2D eigenvalue weighted by Gasteiger charge is -2.43. The molecule has 2 bridgehead atoms. The minimum atomic E-state index is -0.343. The summed E-state index contributed by atoms with van der Waals surface area (Å²) in [6, 6.07) is 12.9. The molecule has 7 rings (SSSR count). The molecule has 2 amide bonds. The fourth-order valence-electron chi connectivity index (χ4n) is 7.23. The number of amides is 2. The molecule has 3 aromatic rings. The van der Waals surface area contributed by atoms with Gasteiger partial charge < -0.3 is 14.8 Å². The van der Waals surface area contributed by atoms with Crippen molar-refractivity contribution < 1.29 is 19.4 Å². The number of aryl methyl sites for hydroxylation is 1. The second-order valence-corrected chi connectivity index (χ2v) is 12.4. The molecule has 2 saturated carbocycles. The van der Waals surface area contributed by atoms with Crippen LogP contribution in [-0.2, 0) is 9.59 Å². The number of anilines is 1. The van der Waals surface area contributed by atoms with E-state index in [1.807, 2.05) is 43.3 Å². The number of carbonyl (C=O) groups is 2. The van der Waals surface area contributed by atoms with Gasteiger partial charge in [-0.15, -0.1) is 11.8 Å². The minimum absolute atomic E-state index is 0.0412. The Morgan fingerprint density at radius 3 is 2.47 bits per heavy atom. The van der Waals surface area contributed by atoms with Crippen molar-refractivity contribution in [1.29, 1.82) is 0 Å². The maximum absolute atomic E-state index is 13.8. The molecule has 1 saturated heterocycles. The second-order valence-electron chi connectivity index (χ2n) is 10.2. The summed E-state index contributed by atoms with van der Waals surface area (Å²) in [5.41, 5.74) is 2.67. The first kappa shape index (κ1) is 22.2. The molecule has 3 fully saturated rings. The summed E-state index contributed by atoms with van der Waals surface area (Å²) >= 11 is 2.88. The van der Waals surface area contributed by atoms with Gasteiger partial charge in [0.05, 0.1) is 29.7 Å². The zero-order valence-electron chi connectivity index (χ0n) is 19.6. The lowest BCUT2D eigenvalue weighted by molar-refractivity contribution is -0.123. The average Bonchev–Trinajstić information content (AvgIpc) is 3.59. The highest BCUT2D eigenvalue weighted by Crippen LogP contribution is 2.68. The van der Waals surface area contributed by atoms with E-state index in [1.54, 1.807) is 17.8 Å². The number of methoxy groups -OCH3 is 1. The van der Waals surface area contributed by atoms with Crippen LogP contribution in [0.3, 0.4) is 0 Å². The van der Waals surface area contributed by atoms with E-state index in [9.17, 15) is 19.5 Å². The molecule has 7 nitrogen and oxygen atoms in total. The first-order valence-corrected chi connectivity index (χ1v) is 13.8. The van der Waals surface area contributed by atoms with Crippen LogP contribution in [0.25, 0.3) is 0 Å². The summed E-state index contributed by atoms with van der Waals surface area (Å²) < 4.78 is 5.39. The summed E-state index contributed by atoms with van der Waals surface area (Å²) in [6.07, 6.45) is 0.835. The number of benzene rings is 2. The molecule has 2 aliphatic heterocycles. The van der Waals surface area contributed by atoms with E-state index in [2.05, 4.69) is 4.98 Å². The summed E-state index contributed by atoms with van der Waals surface area (Å²) in [5, 5.41) is 11.2. The number of H-pyrrole nitrogens is 1. The number of hydrogen-bond donors (Lipinski definition) is 2. The molecule has 184 valence electrons. The summed E-state index contributed by atoms with van der Waals surface area (Å²) in [5.74, 6) is -0.313. The Balaban J connectivity index is 1.33. The molecule has 7 atom stereocenters. The van der Waals surface area contributed by atoms with E-state index >= 15 is 0 Å². The standard InChI is InChI=1S/C27H24N2O5S2/c1-11-3-6-13(7-4-11)29-25(31)20-14-10-15(21(20)26(29)32)22-19(14)18(23-24(35-22)28-27(33)36-23)12-5-8-16(30)17(9-12)34-2/h3-9,14-15,18-22,30H,10H2,1-2H3,(H,28,33). The molecular formula is C27H24N2O5S2. The molecule has 2 aliphatic carbocycles. The van der Waals surface area contributed by atoms with Gasteiger partial charge in [-0.25, -0.2) is 0 Å². The zero-order valence-corrected chi connectivity index (χ0v) is 21.3. The van der Waals surface area contributed by atoms with E-state index < -0.39 is 0 Å². The third kappa shape index (κ3) is 2.90. The highest BCUT2D eigenvalue weighted by Gasteiger charge is 2.69. The molecular weight excluding hydrogens is 496 g/mol. The van der Waals surface area contributed by atoms with Crippen molar-refractivity contribution in [3.05, 3.63) is 68.1 Å². The van der Waals surface area contributed by atoms with Crippen LogP contribution in [0.5, 0.6) is 11.5 Å². The Labute approximate surface area is 215 Å². The van der Waals surface area contributed by atoms with Gasteiger partial charge in [-0.2, -0.15) is 0 Å². The number of nitrogens with zero attached hydrogens (tertiary/aromatic N) is 1. The number of carbonyl (C=O) groups excluding carboxylic acids is 2. The Bertz CT molecular complexity index is 1480. The third-order valence-electron chi connectivity index (χ3n) is 8.58. The highest BCUT2D eigenvalue weighted by molar-refractivity contribution is 8.00. The predicted octanol–water partition coefficient (Wildman–Crippen LogP) is 4.14. The second kappa shape index (κ2) is 7.73. The van der Waals surface area contributed by atoms with Crippen LogP contribution in [0, 0.1) is 36.5 Å². The van der Waals surface area contributed by atoms with Crippen molar-refractivity contribution in [3.63, 3.8) is 0 Å². The molecule has 1 aromatic heterocycles. The van der Waals surface area contributed by atoms with E-state index in [0.29, 0.717) is 11.4 Å². The quantitative estimate of drug-likeness (QED) is 0.504. The van der Waals surface area contributed by atoms with Crippen LogP contribution >= 0.6 is 23.1 Å². The van der Waals surface area contributed by atoms with Gasteiger partial charge in [0.2, 0.25) is 11.8 Å². The molecule has 3 heterocycles. The van der Waals surface area contributed by atoms with E-state index in [0.717, 1.165) is 27.5 Å². The number of nitrogens with one attached hydrogen (secondary N) is 1. The molecule has 2 aromatic carbocycles. The van der Waals surface area contributed by atoms with Crippen LogP contribution in [0.1, 0.15) is 28.3 Å². The normalized spacial score (nSPS) is 31.9. The van der Waals surface area contributed by atoms with Crippen molar-refractivity contribution in [2.24, 2.45) is 29.6 Å². The number of phenolic OH excluding ortho intramolecular Hbond substituents is 1. The zero-order chi connectivity index (χ0) is 24.9. The number of aromatic hydroxyl groups is 1. The Morgan fingerprint density at radius 1 is 1.03 bits per heavy atom. The van der Waals surface area contributed by atoms with Gasteiger partial charge in [-0.1, -0.05) is 35.1 Å². The molecule has 2 N–H and O–H groups in total. The number of aromatic amines is 1. The van der Waals surface area contributed by atoms with Crippen molar-refractivity contribution in [2.75, 3.05) is 12.0 Å². The van der Waals surface area contributed by atoms with Crippen LogP contribution in [-0.4, -0.2) is 34.3 Å². The topological polar surface area (TPSA) is 99.7 Å². The van der Waals surface area contributed by atoms with E-state index in [1.165, 1.54) is 23.3 Å². The van der Waals surface area contributed by atoms with Gasteiger partial charge in [-0.3, -0.25) is 19.3 Å². The first-order chi connectivity index (χ1) is 17.4. The van der Waals surface area contributed by atoms with Gasteiger partial charge in [0.15, 0.2) is 11.5 Å². The van der Waals surface area contributed by atoms with Crippen LogP contribution in [0.15, 0.2) is 52.3 Å².